The normalized spacial score (nSPS) is 10.6. The van der Waals surface area contributed by atoms with Crippen LogP contribution in [0.4, 0.5) is 0 Å². The maximum Gasteiger partial charge on any atom is 0.341 e. The molecule has 4 aromatic rings. The van der Waals surface area contributed by atoms with Gasteiger partial charge in [0.2, 0.25) is 0 Å². The van der Waals surface area contributed by atoms with Gasteiger partial charge in [0, 0.05) is 18.2 Å². The van der Waals surface area contributed by atoms with Crippen molar-refractivity contribution in [1.29, 1.82) is 0 Å². The van der Waals surface area contributed by atoms with E-state index in [9.17, 15) is 29.7 Å². The molecule has 42 heavy (non-hydrogen) atoms. The van der Waals surface area contributed by atoms with Crippen molar-refractivity contribution in [3.63, 3.8) is 0 Å². The third kappa shape index (κ3) is 7.09. The van der Waals surface area contributed by atoms with E-state index in [1.54, 1.807) is 0 Å². The zero-order chi connectivity index (χ0) is 30.4. The summed E-state index contributed by atoms with van der Waals surface area (Å²) >= 11 is 0. The highest BCUT2D eigenvalue weighted by atomic mass is 16.5. The van der Waals surface area contributed by atoms with Crippen molar-refractivity contribution in [3.05, 3.63) is 54.6 Å². The van der Waals surface area contributed by atoms with Crippen LogP contribution in [-0.2, 0) is 14.4 Å². The smallest absolute Gasteiger partial charge is 0.341 e. The maximum absolute atomic E-state index is 10.8. The third-order valence-electron chi connectivity index (χ3n) is 5.35. The zero-order valence-corrected chi connectivity index (χ0v) is 21.3. The van der Waals surface area contributed by atoms with E-state index in [-0.39, 0.29) is 68.7 Å². The van der Waals surface area contributed by atoms with E-state index in [1.165, 1.54) is 36.4 Å². The van der Waals surface area contributed by atoms with Crippen molar-refractivity contribution in [3.8, 4) is 68.7 Å². The minimum atomic E-state index is -1.22. The Morgan fingerprint density at radius 3 is 0.976 bits per heavy atom. The van der Waals surface area contributed by atoms with Gasteiger partial charge in [-0.3, -0.25) is 0 Å². The van der Waals surface area contributed by atoms with Crippen molar-refractivity contribution in [1.82, 2.24) is 15.0 Å². The van der Waals surface area contributed by atoms with E-state index < -0.39 is 37.7 Å². The van der Waals surface area contributed by atoms with Crippen LogP contribution in [0, 0.1) is 0 Å². The number of hydrogen-bond donors (Lipinski definition) is 6. The second-order valence-corrected chi connectivity index (χ2v) is 8.39. The highest BCUT2D eigenvalue weighted by molar-refractivity contribution is 5.75. The molecule has 216 valence electrons. The van der Waals surface area contributed by atoms with E-state index in [1.807, 2.05) is 0 Å². The fourth-order valence-electron chi connectivity index (χ4n) is 3.54. The van der Waals surface area contributed by atoms with Crippen molar-refractivity contribution in [2.24, 2.45) is 0 Å². The summed E-state index contributed by atoms with van der Waals surface area (Å²) in [6, 6.07) is 11.7. The fourth-order valence-corrected chi connectivity index (χ4v) is 3.54. The summed E-state index contributed by atoms with van der Waals surface area (Å²) in [7, 11) is 0. The Balaban J connectivity index is 1.80. The van der Waals surface area contributed by atoms with Gasteiger partial charge in [0.25, 0.3) is 0 Å². The van der Waals surface area contributed by atoms with E-state index in [0.29, 0.717) is 0 Å². The number of aromatic hydroxyl groups is 3. The largest absolute Gasteiger partial charge is 0.507 e. The first-order chi connectivity index (χ1) is 20.0. The number of aromatic nitrogens is 3. The van der Waals surface area contributed by atoms with Crippen LogP contribution in [0.3, 0.4) is 0 Å². The van der Waals surface area contributed by atoms with Gasteiger partial charge >= 0.3 is 17.9 Å². The summed E-state index contributed by atoms with van der Waals surface area (Å²) in [6.45, 7) is -1.93. The molecule has 0 atom stereocenters. The van der Waals surface area contributed by atoms with Crippen LogP contribution < -0.4 is 14.2 Å². The van der Waals surface area contributed by atoms with Crippen molar-refractivity contribution < 1.29 is 59.2 Å². The van der Waals surface area contributed by atoms with Gasteiger partial charge in [-0.1, -0.05) is 0 Å². The number of ether oxygens (including phenoxy) is 3. The van der Waals surface area contributed by atoms with Gasteiger partial charge in [0.1, 0.15) is 34.5 Å². The molecule has 4 rings (SSSR count). The summed E-state index contributed by atoms with van der Waals surface area (Å²) in [6.07, 6.45) is 0. The van der Waals surface area contributed by atoms with Gasteiger partial charge in [-0.05, 0) is 36.4 Å². The highest BCUT2D eigenvalue weighted by Crippen LogP contribution is 2.37. The molecule has 15 heteroatoms. The topological polar surface area (TPSA) is 239 Å². The number of phenols is 3. The van der Waals surface area contributed by atoms with Crippen LogP contribution in [0.5, 0.6) is 34.5 Å². The molecular formula is C27H21N3O12. The summed E-state index contributed by atoms with van der Waals surface area (Å²) < 4.78 is 15.2. The average Bonchev–Trinajstić information content (AvgIpc) is 2.93. The van der Waals surface area contributed by atoms with Gasteiger partial charge in [0.15, 0.2) is 37.3 Å². The number of rotatable bonds is 12. The Morgan fingerprint density at radius 1 is 0.500 bits per heavy atom. The first-order valence-electron chi connectivity index (χ1n) is 11.8. The maximum atomic E-state index is 10.8. The lowest BCUT2D eigenvalue weighted by Crippen LogP contribution is -2.09. The first kappa shape index (κ1) is 28.9. The fraction of sp³-hybridized carbons (Fsp3) is 0.111. The molecule has 15 nitrogen and oxygen atoms in total. The van der Waals surface area contributed by atoms with Crippen LogP contribution in [0.1, 0.15) is 0 Å². The van der Waals surface area contributed by atoms with Gasteiger partial charge in [0.05, 0.1) is 16.7 Å². The molecule has 0 saturated carbocycles. The summed E-state index contributed by atoms with van der Waals surface area (Å²) in [4.78, 5) is 45.4. The molecule has 0 bridgehead atoms. The molecule has 0 aliphatic carbocycles. The molecule has 0 aliphatic heterocycles. The summed E-state index contributed by atoms with van der Waals surface area (Å²) in [5.74, 6) is -5.00. The van der Waals surface area contributed by atoms with Gasteiger partial charge in [-0.15, -0.1) is 0 Å². The lowest BCUT2D eigenvalue weighted by Gasteiger charge is -2.13. The van der Waals surface area contributed by atoms with Crippen LogP contribution in [-0.4, -0.2) is 83.3 Å². The molecule has 0 aliphatic rings. The first-order valence-corrected chi connectivity index (χ1v) is 11.8. The minimum absolute atomic E-state index is 0.0531. The third-order valence-corrected chi connectivity index (χ3v) is 5.35. The van der Waals surface area contributed by atoms with E-state index in [2.05, 4.69) is 15.0 Å². The average molecular weight is 579 g/mol. The molecule has 1 aromatic heterocycles. The summed E-state index contributed by atoms with van der Waals surface area (Å²) in [5, 5.41) is 58.5. The second kappa shape index (κ2) is 12.4. The SMILES string of the molecule is O=C(O)COc1ccc(-c2nc(-c3ccc(OCC(=O)O)cc3O)nc(-c3ccc(OCC(=O)O)cc3O)n2)c(O)c1. The number of aliphatic carboxylic acids is 3. The van der Waals surface area contributed by atoms with Crippen molar-refractivity contribution >= 4 is 17.9 Å². The second-order valence-electron chi connectivity index (χ2n) is 8.39. The van der Waals surface area contributed by atoms with Crippen molar-refractivity contribution in [2.75, 3.05) is 19.8 Å². The molecule has 1 heterocycles. The Kier molecular flexibility index (Phi) is 8.51. The molecular weight excluding hydrogens is 558 g/mol. The molecule has 0 fully saturated rings. The molecule has 0 amide bonds. The number of carbonyl (C=O) groups is 3. The zero-order valence-electron chi connectivity index (χ0n) is 21.3. The Labute approximate surface area is 235 Å². The Hall–Kier alpha value is -6.12. The molecule has 3 aromatic carbocycles. The predicted molar refractivity (Wildman–Crippen MR) is 141 cm³/mol. The molecule has 0 radical (unpaired) electrons. The number of carboxylic acid groups (broad SMARTS) is 3. The van der Waals surface area contributed by atoms with Crippen molar-refractivity contribution in [2.45, 2.75) is 0 Å². The lowest BCUT2D eigenvalue weighted by molar-refractivity contribution is -0.140. The van der Waals surface area contributed by atoms with Crippen LogP contribution in [0.2, 0.25) is 0 Å². The molecule has 0 spiro atoms. The quantitative estimate of drug-likeness (QED) is 0.141. The Morgan fingerprint density at radius 2 is 0.762 bits per heavy atom. The highest BCUT2D eigenvalue weighted by Gasteiger charge is 2.19. The van der Waals surface area contributed by atoms with E-state index in [0.717, 1.165) is 18.2 Å². The van der Waals surface area contributed by atoms with Gasteiger partial charge < -0.3 is 44.8 Å². The summed E-state index contributed by atoms with van der Waals surface area (Å²) in [5.41, 5.74) is 0.179. The van der Waals surface area contributed by atoms with E-state index >= 15 is 0 Å². The molecule has 0 unspecified atom stereocenters. The number of phenolic OH excluding ortho intramolecular Hbond substituents is 3. The number of carboxylic acids is 3. The van der Waals surface area contributed by atoms with Crippen LogP contribution >= 0.6 is 0 Å². The number of nitrogens with zero attached hydrogens (tertiary/aromatic N) is 3. The van der Waals surface area contributed by atoms with Crippen LogP contribution in [0.15, 0.2) is 54.6 Å². The van der Waals surface area contributed by atoms with E-state index in [4.69, 9.17) is 29.5 Å². The predicted octanol–water partition coefficient (Wildman–Crippen LogP) is 2.38. The molecule has 0 saturated heterocycles. The Bertz CT molecular complexity index is 1470. The number of benzene rings is 3. The molecule has 6 N–H and O–H groups in total. The van der Waals surface area contributed by atoms with Gasteiger partial charge in [-0.2, -0.15) is 0 Å². The standard InChI is InChI=1S/C27H21N3O12/c31-19-7-13(40-10-22(34)35)1-4-16(19)25-28-26(17-5-2-14(8-20(17)32)41-11-23(36)37)30-27(29-25)18-6-3-15(9-21(18)33)42-12-24(38)39/h1-9,31-33H,10-12H2,(H,34,35)(H,36,37)(H,38,39). The number of hydrogen-bond acceptors (Lipinski definition) is 12. The lowest BCUT2D eigenvalue weighted by atomic mass is 10.1. The minimum Gasteiger partial charge on any atom is -0.507 e. The van der Waals surface area contributed by atoms with Crippen LogP contribution in [0.25, 0.3) is 34.2 Å². The monoisotopic (exact) mass is 579 g/mol. The van der Waals surface area contributed by atoms with Gasteiger partial charge in [-0.25, -0.2) is 29.3 Å².